The molecular formula is C18H21NO3S. The van der Waals surface area contributed by atoms with Crippen molar-refractivity contribution in [3.63, 3.8) is 0 Å². The van der Waals surface area contributed by atoms with Crippen LogP contribution in [-0.4, -0.2) is 32.0 Å². The van der Waals surface area contributed by atoms with Gasteiger partial charge in [0.25, 0.3) is 0 Å². The molecule has 0 amide bonds. The van der Waals surface area contributed by atoms with Crippen LogP contribution in [0.4, 0.5) is 0 Å². The Bertz CT molecular complexity index is 757. The van der Waals surface area contributed by atoms with Crippen molar-refractivity contribution in [1.82, 2.24) is 4.31 Å². The minimum atomic E-state index is -3.56. The lowest BCUT2D eigenvalue weighted by atomic mass is 10.1. The van der Waals surface area contributed by atoms with E-state index in [9.17, 15) is 8.42 Å². The fraction of sp³-hybridized carbons (Fsp3) is 0.333. The van der Waals surface area contributed by atoms with Gasteiger partial charge in [-0.05, 0) is 31.5 Å². The molecule has 3 rings (SSSR count). The average molecular weight is 331 g/mol. The highest BCUT2D eigenvalue weighted by Crippen LogP contribution is 2.31. The molecule has 122 valence electrons. The van der Waals surface area contributed by atoms with Crippen LogP contribution in [0.25, 0.3) is 0 Å². The molecule has 0 aromatic heterocycles. The summed E-state index contributed by atoms with van der Waals surface area (Å²) in [6.07, 6.45) is -0.116. The molecule has 0 bridgehead atoms. The van der Waals surface area contributed by atoms with E-state index in [1.807, 2.05) is 56.3 Å². The molecule has 2 aromatic carbocycles. The first kappa shape index (κ1) is 16.2. The minimum Gasteiger partial charge on any atom is -0.375 e. The van der Waals surface area contributed by atoms with E-state index in [0.29, 0.717) is 18.0 Å². The number of hydrogen-bond donors (Lipinski definition) is 0. The van der Waals surface area contributed by atoms with E-state index in [2.05, 4.69) is 0 Å². The summed E-state index contributed by atoms with van der Waals surface area (Å²) in [6, 6.07) is 16.4. The summed E-state index contributed by atoms with van der Waals surface area (Å²) in [5.41, 5.74) is 1.99. The third kappa shape index (κ3) is 3.32. The van der Waals surface area contributed by atoms with Crippen molar-refractivity contribution < 1.29 is 13.2 Å². The van der Waals surface area contributed by atoms with E-state index >= 15 is 0 Å². The van der Waals surface area contributed by atoms with Gasteiger partial charge >= 0.3 is 0 Å². The number of sulfonamides is 1. The molecule has 5 heteroatoms. The Morgan fingerprint density at radius 1 is 1.04 bits per heavy atom. The molecule has 0 spiro atoms. The molecule has 1 aliphatic rings. The molecule has 2 aromatic rings. The number of hydrogen-bond acceptors (Lipinski definition) is 3. The highest BCUT2D eigenvalue weighted by molar-refractivity contribution is 7.89. The molecule has 0 radical (unpaired) electrons. The van der Waals surface area contributed by atoms with Crippen LogP contribution in [0, 0.1) is 6.92 Å². The summed E-state index contributed by atoms with van der Waals surface area (Å²) in [4.78, 5) is 0.332. The van der Waals surface area contributed by atoms with Crippen LogP contribution >= 0.6 is 0 Å². The van der Waals surface area contributed by atoms with E-state index < -0.39 is 10.0 Å². The summed E-state index contributed by atoms with van der Waals surface area (Å²) in [6.45, 7) is 4.57. The summed E-state index contributed by atoms with van der Waals surface area (Å²) >= 11 is 0. The zero-order chi connectivity index (χ0) is 16.4. The number of benzene rings is 2. The van der Waals surface area contributed by atoms with Gasteiger partial charge in [-0.25, -0.2) is 8.42 Å². The lowest BCUT2D eigenvalue weighted by molar-refractivity contribution is -0.0231. The van der Waals surface area contributed by atoms with Crippen molar-refractivity contribution in [2.75, 3.05) is 13.2 Å². The van der Waals surface area contributed by atoms with E-state index in [-0.39, 0.29) is 12.1 Å². The summed E-state index contributed by atoms with van der Waals surface area (Å²) in [5.74, 6) is 0. The Labute approximate surface area is 137 Å². The second kappa shape index (κ2) is 6.43. The van der Waals surface area contributed by atoms with Crippen LogP contribution in [0.15, 0.2) is 59.5 Å². The van der Waals surface area contributed by atoms with Gasteiger partial charge in [0, 0.05) is 6.54 Å². The molecule has 1 fully saturated rings. The number of aryl methyl sites for hydroxylation is 1. The fourth-order valence-electron chi connectivity index (χ4n) is 2.82. The van der Waals surface area contributed by atoms with Gasteiger partial charge in [-0.15, -0.1) is 0 Å². The van der Waals surface area contributed by atoms with Crippen molar-refractivity contribution in [3.05, 3.63) is 65.7 Å². The molecule has 1 saturated heterocycles. The maximum Gasteiger partial charge on any atom is 0.243 e. The van der Waals surface area contributed by atoms with E-state index in [0.717, 1.165) is 11.1 Å². The Balaban J connectivity index is 2.00. The first-order valence-corrected chi connectivity index (χ1v) is 9.17. The van der Waals surface area contributed by atoms with E-state index in [4.69, 9.17) is 4.74 Å². The van der Waals surface area contributed by atoms with Crippen molar-refractivity contribution in [2.45, 2.75) is 30.9 Å². The molecule has 23 heavy (non-hydrogen) atoms. The quantitative estimate of drug-likeness (QED) is 0.868. The van der Waals surface area contributed by atoms with E-state index in [1.54, 1.807) is 16.4 Å². The third-order valence-electron chi connectivity index (χ3n) is 4.14. The maximum absolute atomic E-state index is 13.1. The van der Waals surface area contributed by atoms with Gasteiger partial charge in [0.1, 0.15) is 0 Å². The molecular weight excluding hydrogens is 310 g/mol. The van der Waals surface area contributed by atoms with Crippen LogP contribution in [0.2, 0.25) is 0 Å². The number of rotatable bonds is 3. The third-order valence-corrected chi connectivity index (χ3v) is 6.02. The average Bonchev–Trinajstić information content (AvgIpc) is 2.56. The van der Waals surface area contributed by atoms with Gasteiger partial charge in [-0.2, -0.15) is 4.31 Å². The largest absolute Gasteiger partial charge is 0.375 e. The molecule has 0 saturated carbocycles. The normalized spacial score (nSPS) is 22.9. The maximum atomic E-state index is 13.1. The summed E-state index contributed by atoms with van der Waals surface area (Å²) < 4.78 is 33.5. The van der Waals surface area contributed by atoms with Crippen molar-refractivity contribution >= 4 is 10.0 Å². The number of morpholine rings is 1. The minimum absolute atomic E-state index is 0.116. The van der Waals surface area contributed by atoms with Gasteiger partial charge in [0.05, 0.1) is 23.6 Å². The highest BCUT2D eigenvalue weighted by Gasteiger charge is 2.37. The fourth-order valence-corrected chi connectivity index (χ4v) is 4.50. The lowest BCUT2D eigenvalue weighted by Crippen LogP contribution is -2.46. The summed E-state index contributed by atoms with van der Waals surface area (Å²) in [7, 11) is -3.56. The number of nitrogens with zero attached hydrogens (tertiary/aromatic N) is 1. The van der Waals surface area contributed by atoms with Gasteiger partial charge in [-0.3, -0.25) is 0 Å². The van der Waals surface area contributed by atoms with Crippen molar-refractivity contribution in [2.24, 2.45) is 0 Å². The molecule has 0 aliphatic carbocycles. The Hall–Kier alpha value is -1.69. The second-order valence-electron chi connectivity index (χ2n) is 5.96. The van der Waals surface area contributed by atoms with E-state index in [1.165, 1.54) is 0 Å². The first-order chi connectivity index (χ1) is 11.0. The van der Waals surface area contributed by atoms with Crippen LogP contribution in [-0.2, 0) is 14.8 Å². The molecule has 2 atom stereocenters. The molecule has 1 heterocycles. The zero-order valence-electron chi connectivity index (χ0n) is 13.3. The van der Waals surface area contributed by atoms with Crippen molar-refractivity contribution in [3.8, 4) is 0 Å². The predicted octanol–water partition coefficient (Wildman–Crippen LogP) is 3.15. The molecule has 4 nitrogen and oxygen atoms in total. The lowest BCUT2D eigenvalue weighted by Gasteiger charge is -2.37. The Morgan fingerprint density at radius 2 is 1.70 bits per heavy atom. The number of ether oxygens (including phenoxy) is 1. The van der Waals surface area contributed by atoms with Crippen LogP contribution in [0.3, 0.4) is 0 Å². The second-order valence-corrected chi connectivity index (χ2v) is 7.85. The molecule has 1 aliphatic heterocycles. The van der Waals surface area contributed by atoms with Gasteiger partial charge in [0.2, 0.25) is 10.0 Å². The smallest absolute Gasteiger partial charge is 0.243 e. The van der Waals surface area contributed by atoms with Crippen LogP contribution < -0.4 is 0 Å². The predicted molar refractivity (Wildman–Crippen MR) is 89.7 cm³/mol. The topological polar surface area (TPSA) is 46.6 Å². The van der Waals surface area contributed by atoms with Gasteiger partial charge < -0.3 is 4.74 Å². The first-order valence-electron chi connectivity index (χ1n) is 7.73. The van der Waals surface area contributed by atoms with Crippen LogP contribution in [0.1, 0.15) is 24.1 Å². The molecule has 0 unspecified atom stereocenters. The van der Waals surface area contributed by atoms with Gasteiger partial charge in [0.15, 0.2) is 0 Å². The Morgan fingerprint density at radius 3 is 2.35 bits per heavy atom. The highest BCUT2D eigenvalue weighted by atomic mass is 32.2. The standard InChI is InChI=1S/C18H21NO3S/c1-14-8-10-17(11-9-14)23(20,21)19-12-15(2)22-13-18(19)16-6-4-3-5-7-16/h3-11,15,18H,12-13H2,1-2H3/t15-,18+/m0/s1. The monoisotopic (exact) mass is 331 g/mol. The SMILES string of the molecule is Cc1ccc(S(=O)(=O)N2C[C@H](C)OC[C@@H]2c2ccccc2)cc1. The Kier molecular flexibility index (Phi) is 4.53. The molecule has 0 N–H and O–H groups in total. The zero-order valence-corrected chi connectivity index (χ0v) is 14.2. The van der Waals surface area contributed by atoms with Crippen molar-refractivity contribution in [1.29, 1.82) is 0 Å². The summed E-state index contributed by atoms with van der Waals surface area (Å²) in [5, 5.41) is 0. The van der Waals surface area contributed by atoms with Crippen LogP contribution in [0.5, 0.6) is 0 Å². The van der Waals surface area contributed by atoms with Gasteiger partial charge in [-0.1, -0.05) is 48.0 Å².